The Morgan fingerprint density at radius 1 is 1.42 bits per heavy atom. The smallest absolute Gasteiger partial charge is 0.434 e. The standard InChI is InChI=1S/C7H7N3O2/c1-4-8-3-6-5(10-4)2-9-7(11)12-6/h2-3,5-6H,1H3/t5-,6+/m0/s1. The highest BCUT2D eigenvalue weighted by molar-refractivity contribution is 5.98. The maximum atomic E-state index is 10.7. The second-order valence-corrected chi connectivity index (χ2v) is 2.57. The fourth-order valence-electron chi connectivity index (χ4n) is 1.09. The summed E-state index contributed by atoms with van der Waals surface area (Å²) in [6.07, 6.45) is 2.14. The summed E-state index contributed by atoms with van der Waals surface area (Å²) in [5, 5.41) is 0. The molecule has 62 valence electrons. The lowest BCUT2D eigenvalue weighted by molar-refractivity contribution is 0.131. The summed E-state index contributed by atoms with van der Waals surface area (Å²) in [6, 6.07) is -0.180. The molecule has 2 atom stereocenters. The Balaban J connectivity index is 2.27. The summed E-state index contributed by atoms with van der Waals surface area (Å²) in [5.41, 5.74) is 0. The van der Waals surface area contributed by atoms with E-state index in [1.165, 1.54) is 6.21 Å². The number of carbonyl (C=O) groups excluding carboxylic acids is 1. The molecule has 0 saturated carbocycles. The van der Waals surface area contributed by atoms with Crippen LogP contribution in [0.3, 0.4) is 0 Å². The van der Waals surface area contributed by atoms with E-state index in [2.05, 4.69) is 15.0 Å². The number of aliphatic imine (C=N–C) groups is 3. The highest BCUT2D eigenvalue weighted by atomic mass is 16.6. The predicted molar refractivity (Wildman–Crippen MR) is 44.2 cm³/mol. The molecule has 0 bridgehead atoms. The Bertz CT molecular complexity index is 306. The zero-order valence-corrected chi connectivity index (χ0v) is 6.47. The van der Waals surface area contributed by atoms with E-state index < -0.39 is 6.09 Å². The molecule has 12 heavy (non-hydrogen) atoms. The molecule has 2 heterocycles. The molecule has 1 amide bonds. The van der Waals surface area contributed by atoms with Crippen molar-refractivity contribution in [3.8, 4) is 0 Å². The molecule has 5 heteroatoms. The van der Waals surface area contributed by atoms with Crippen molar-refractivity contribution >= 4 is 24.4 Å². The molecular formula is C7H7N3O2. The Labute approximate surface area is 68.9 Å². The first-order chi connectivity index (χ1) is 5.75. The number of carbonyl (C=O) groups is 1. The highest BCUT2D eigenvalue weighted by Gasteiger charge is 2.28. The second-order valence-electron chi connectivity index (χ2n) is 2.57. The molecule has 0 aromatic heterocycles. The van der Waals surface area contributed by atoms with Crippen molar-refractivity contribution in [1.29, 1.82) is 0 Å². The van der Waals surface area contributed by atoms with E-state index >= 15 is 0 Å². The lowest BCUT2D eigenvalue weighted by atomic mass is 10.1. The average molecular weight is 165 g/mol. The van der Waals surface area contributed by atoms with Gasteiger partial charge in [0.05, 0.1) is 0 Å². The first kappa shape index (κ1) is 7.15. The van der Waals surface area contributed by atoms with Gasteiger partial charge in [0, 0.05) is 12.4 Å². The quantitative estimate of drug-likeness (QED) is 0.523. The van der Waals surface area contributed by atoms with Crippen LogP contribution < -0.4 is 0 Å². The first-order valence-electron chi connectivity index (χ1n) is 3.59. The average Bonchev–Trinajstić information content (AvgIpc) is 2.05. The van der Waals surface area contributed by atoms with Crippen molar-refractivity contribution in [2.24, 2.45) is 15.0 Å². The van der Waals surface area contributed by atoms with Gasteiger partial charge in [0.15, 0.2) is 6.10 Å². The number of amidine groups is 1. The molecule has 2 rings (SSSR count). The van der Waals surface area contributed by atoms with Gasteiger partial charge in [0.25, 0.3) is 0 Å². The van der Waals surface area contributed by atoms with E-state index in [-0.39, 0.29) is 12.1 Å². The molecule has 0 fully saturated rings. The molecule has 0 aliphatic carbocycles. The molecule has 0 N–H and O–H groups in total. The van der Waals surface area contributed by atoms with Crippen LogP contribution >= 0.6 is 0 Å². The summed E-state index contributed by atoms with van der Waals surface area (Å²) in [4.78, 5) is 22.2. The molecule has 2 aliphatic heterocycles. The van der Waals surface area contributed by atoms with Crippen molar-refractivity contribution in [1.82, 2.24) is 0 Å². The van der Waals surface area contributed by atoms with E-state index in [9.17, 15) is 4.79 Å². The van der Waals surface area contributed by atoms with Gasteiger partial charge in [0.2, 0.25) is 0 Å². The fraction of sp³-hybridized carbons (Fsp3) is 0.429. The summed E-state index contributed by atoms with van der Waals surface area (Å²) in [5.74, 6) is 0.681. The van der Waals surface area contributed by atoms with E-state index in [1.54, 1.807) is 13.1 Å². The molecule has 0 saturated heterocycles. The van der Waals surface area contributed by atoms with E-state index in [0.29, 0.717) is 5.84 Å². The molecule has 5 nitrogen and oxygen atoms in total. The summed E-state index contributed by atoms with van der Waals surface area (Å²) in [6.45, 7) is 1.79. The number of fused-ring (bicyclic) bond motifs is 1. The molecule has 0 aromatic carbocycles. The van der Waals surface area contributed by atoms with Crippen molar-refractivity contribution < 1.29 is 9.53 Å². The lowest BCUT2D eigenvalue weighted by Crippen LogP contribution is -2.38. The number of hydrogen-bond acceptors (Lipinski definition) is 4. The van der Waals surface area contributed by atoms with Gasteiger partial charge in [-0.2, -0.15) is 4.99 Å². The Morgan fingerprint density at radius 2 is 2.25 bits per heavy atom. The first-order valence-corrected chi connectivity index (χ1v) is 3.59. The maximum absolute atomic E-state index is 10.7. The fourth-order valence-corrected chi connectivity index (χ4v) is 1.09. The zero-order valence-electron chi connectivity index (χ0n) is 6.47. The van der Waals surface area contributed by atoms with Crippen molar-refractivity contribution in [3.63, 3.8) is 0 Å². The van der Waals surface area contributed by atoms with Gasteiger partial charge in [-0.15, -0.1) is 0 Å². The van der Waals surface area contributed by atoms with Crippen LogP contribution in [0.5, 0.6) is 0 Å². The minimum absolute atomic E-state index is 0.180. The van der Waals surface area contributed by atoms with Gasteiger partial charge >= 0.3 is 6.09 Å². The van der Waals surface area contributed by atoms with Crippen molar-refractivity contribution in [2.75, 3.05) is 0 Å². The van der Waals surface area contributed by atoms with Crippen molar-refractivity contribution in [2.45, 2.75) is 19.1 Å². The molecule has 0 radical (unpaired) electrons. The van der Waals surface area contributed by atoms with Crippen LogP contribution in [-0.2, 0) is 4.74 Å². The Kier molecular flexibility index (Phi) is 1.49. The summed E-state index contributed by atoms with van der Waals surface area (Å²) < 4.78 is 4.85. The SMILES string of the molecule is CC1=N[C@H]2C=NC(=O)O[C@@H]2C=N1. The van der Waals surface area contributed by atoms with Crippen LogP contribution in [0.25, 0.3) is 0 Å². The van der Waals surface area contributed by atoms with Gasteiger partial charge < -0.3 is 4.74 Å². The maximum Gasteiger partial charge on any atom is 0.434 e. The number of ether oxygens (including phenoxy) is 1. The van der Waals surface area contributed by atoms with E-state index in [0.717, 1.165) is 0 Å². The zero-order chi connectivity index (χ0) is 8.55. The van der Waals surface area contributed by atoms with Crippen LogP contribution in [0, 0.1) is 0 Å². The van der Waals surface area contributed by atoms with Gasteiger partial charge in [-0.05, 0) is 6.92 Å². The van der Waals surface area contributed by atoms with Crippen LogP contribution in [0.2, 0.25) is 0 Å². The van der Waals surface area contributed by atoms with Crippen LogP contribution in [0.1, 0.15) is 6.92 Å². The molecule has 2 aliphatic rings. The molecule has 0 spiro atoms. The monoisotopic (exact) mass is 165 g/mol. The second kappa shape index (κ2) is 2.51. The third kappa shape index (κ3) is 1.13. The minimum Gasteiger partial charge on any atom is -0.436 e. The predicted octanol–water partition coefficient (Wildman–Crippen LogP) is 0.447. The van der Waals surface area contributed by atoms with Crippen LogP contribution in [0.15, 0.2) is 15.0 Å². The largest absolute Gasteiger partial charge is 0.436 e. The lowest BCUT2D eigenvalue weighted by Gasteiger charge is -2.22. The van der Waals surface area contributed by atoms with Gasteiger partial charge in [0.1, 0.15) is 11.9 Å². The van der Waals surface area contributed by atoms with Crippen molar-refractivity contribution in [3.05, 3.63) is 0 Å². The number of rotatable bonds is 0. The molecule has 0 aromatic rings. The number of hydrogen-bond donors (Lipinski definition) is 0. The third-order valence-corrected chi connectivity index (χ3v) is 1.65. The van der Waals surface area contributed by atoms with Gasteiger partial charge in [-0.1, -0.05) is 0 Å². The molecule has 0 unspecified atom stereocenters. The Hall–Kier alpha value is -1.52. The van der Waals surface area contributed by atoms with Gasteiger partial charge in [-0.25, -0.2) is 9.79 Å². The van der Waals surface area contributed by atoms with E-state index in [1.807, 2.05) is 0 Å². The normalized spacial score (nSPS) is 32.4. The number of nitrogens with zero attached hydrogens (tertiary/aromatic N) is 3. The third-order valence-electron chi connectivity index (χ3n) is 1.65. The van der Waals surface area contributed by atoms with E-state index in [4.69, 9.17) is 4.74 Å². The summed E-state index contributed by atoms with van der Waals surface area (Å²) >= 11 is 0. The van der Waals surface area contributed by atoms with Crippen LogP contribution in [0.4, 0.5) is 4.79 Å². The highest BCUT2D eigenvalue weighted by Crippen LogP contribution is 2.11. The molecular weight excluding hydrogens is 158 g/mol. The number of amides is 1. The topological polar surface area (TPSA) is 63.4 Å². The summed E-state index contributed by atoms with van der Waals surface area (Å²) in [7, 11) is 0. The minimum atomic E-state index is -0.572. The Morgan fingerprint density at radius 3 is 3.08 bits per heavy atom. The van der Waals surface area contributed by atoms with Crippen LogP contribution in [-0.4, -0.2) is 36.5 Å². The van der Waals surface area contributed by atoms with Gasteiger partial charge in [-0.3, -0.25) is 4.99 Å².